The predicted molar refractivity (Wildman–Crippen MR) is 262 cm³/mol. The summed E-state index contributed by atoms with van der Waals surface area (Å²) in [5, 5.41) is 23.1. The number of aliphatic hydroxyl groups excluding tert-OH is 2. The summed E-state index contributed by atoms with van der Waals surface area (Å²) in [6.07, 6.45) is 67.8. The van der Waals surface area contributed by atoms with Gasteiger partial charge in [-0.15, -0.1) is 0 Å². The van der Waals surface area contributed by atoms with Gasteiger partial charge in [-0.3, -0.25) is 4.79 Å². The van der Waals surface area contributed by atoms with Gasteiger partial charge in [0.15, 0.2) is 0 Å². The summed E-state index contributed by atoms with van der Waals surface area (Å²) < 4.78 is 0. The molecule has 1 amide bonds. The van der Waals surface area contributed by atoms with Crippen molar-refractivity contribution in [1.82, 2.24) is 5.32 Å². The first-order valence-corrected chi connectivity index (χ1v) is 27.1. The van der Waals surface area contributed by atoms with Gasteiger partial charge in [0.25, 0.3) is 0 Å². The molecular weight excluding hydrogens is 723 g/mol. The van der Waals surface area contributed by atoms with Crippen molar-refractivity contribution in [3.8, 4) is 0 Å². The number of hydrogen-bond donors (Lipinski definition) is 3. The van der Waals surface area contributed by atoms with E-state index in [4.69, 9.17) is 0 Å². The average Bonchev–Trinajstić information content (AvgIpc) is 3.24. The summed E-state index contributed by atoms with van der Waals surface area (Å²) in [4.78, 5) is 12.4. The van der Waals surface area contributed by atoms with Crippen molar-refractivity contribution >= 4 is 5.91 Å². The molecular formula is C55H107NO3. The molecule has 0 saturated heterocycles. The average molecular weight is 830 g/mol. The largest absolute Gasteiger partial charge is 0.394 e. The van der Waals surface area contributed by atoms with Crippen LogP contribution >= 0.6 is 0 Å². The highest BCUT2D eigenvalue weighted by atomic mass is 16.3. The standard InChI is InChI=1S/C55H107NO3/c1-3-5-7-9-11-13-15-17-19-20-21-22-23-24-25-26-27-28-29-30-31-32-33-34-35-36-37-38-40-42-44-46-48-50-54(58)53(52-57)56-55(59)51-49-47-45-43-41-39-18-16-14-12-10-8-6-4-2/h40,42,48,50,53-54,57-58H,3-39,41,43-47,49,51-52H2,1-2H3,(H,56,59)/b42-40+,50-48+. The molecule has 4 nitrogen and oxygen atoms in total. The molecule has 0 rings (SSSR count). The molecule has 2 unspecified atom stereocenters. The summed E-state index contributed by atoms with van der Waals surface area (Å²) in [5.74, 6) is -0.0699. The molecule has 0 aromatic carbocycles. The van der Waals surface area contributed by atoms with Crippen LogP contribution in [0.3, 0.4) is 0 Å². The van der Waals surface area contributed by atoms with Gasteiger partial charge in [0.05, 0.1) is 18.8 Å². The number of carbonyl (C=O) groups excluding carboxylic acids is 1. The number of carbonyl (C=O) groups is 1. The van der Waals surface area contributed by atoms with Crippen molar-refractivity contribution in [1.29, 1.82) is 0 Å². The number of aliphatic hydroxyl groups is 2. The molecule has 0 aliphatic carbocycles. The lowest BCUT2D eigenvalue weighted by molar-refractivity contribution is -0.123. The second-order valence-electron chi connectivity index (χ2n) is 18.7. The first-order valence-electron chi connectivity index (χ1n) is 27.1. The van der Waals surface area contributed by atoms with Crippen LogP contribution in [-0.4, -0.2) is 34.9 Å². The molecule has 0 aliphatic rings. The van der Waals surface area contributed by atoms with Gasteiger partial charge >= 0.3 is 0 Å². The first-order chi connectivity index (χ1) is 29.2. The lowest BCUT2D eigenvalue weighted by Gasteiger charge is -2.19. The van der Waals surface area contributed by atoms with Crippen molar-refractivity contribution in [3.05, 3.63) is 24.3 Å². The van der Waals surface area contributed by atoms with Gasteiger partial charge < -0.3 is 15.5 Å². The molecule has 0 heterocycles. The Balaban J connectivity index is 3.45. The summed E-state index contributed by atoms with van der Waals surface area (Å²) >= 11 is 0. The van der Waals surface area contributed by atoms with Crippen molar-refractivity contribution in [2.45, 2.75) is 315 Å². The summed E-state index contributed by atoms with van der Waals surface area (Å²) in [6.45, 7) is 4.32. The number of hydrogen-bond acceptors (Lipinski definition) is 3. The zero-order valence-electron chi connectivity index (χ0n) is 40.3. The Hall–Kier alpha value is -1.13. The molecule has 350 valence electrons. The van der Waals surface area contributed by atoms with Crippen LogP contribution in [0.25, 0.3) is 0 Å². The molecule has 59 heavy (non-hydrogen) atoms. The highest BCUT2D eigenvalue weighted by Crippen LogP contribution is 2.17. The molecule has 3 N–H and O–H groups in total. The molecule has 0 radical (unpaired) electrons. The molecule has 0 bridgehead atoms. The van der Waals surface area contributed by atoms with Crippen LogP contribution in [0.2, 0.25) is 0 Å². The van der Waals surface area contributed by atoms with Crippen molar-refractivity contribution in [2.24, 2.45) is 0 Å². The molecule has 0 aromatic rings. The second kappa shape index (κ2) is 51.2. The van der Waals surface area contributed by atoms with Crippen molar-refractivity contribution in [2.75, 3.05) is 6.61 Å². The predicted octanol–water partition coefficient (Wildman–Crippen LogP) is 17.5. The first kappa shape index (κ1) is 57.9. The minimum absolute atomic E-state index is 0.0699. The van der Waals surface area contributed by atoms with Gasteiger partial charge in [0.1, 0.15) is 0 Å². The third-order valence-electron chi connectivity index (χ3n) is 12.7. The van der Waals surface area contributed by atoms with Gasteiger partial charge in [-0.05, 0) is 32.1 Å². The molecule has 2 atom stereocenters. The maximum atomic E-state index is 12.4. The Morgan fingerprint density at radius 3 is 0.983 bits per heavy atom. The quantitative estimate of drug-likeness (QED) is 0.0422. The van der Waals surface area contributed by atoms with Crippen LogP contribution in [0.5, 0.6) is 0 Å². The van der Waals surface area contributed by atoms with Gasteiger partial charge in [0, 0.05) is 6.42 Å². The Bertz CT molecular complexity index is 855. The number of allylic oxidation sites excluding steroid dienone is 3. The zero-order valence-corrected chi connectivity index (χ0v) is 40.3. The van der Waals surface area contributed by atoms with Crippen LogP contribution in [0.15, 0.2) is 24.3 Å². The summed E-state index contributed by atoms with van der Waals surface area (Å²) in [7, 11) is 0. The van der Waals surface area contributed by atoms with E-state index in [9.17, 15) is 15.0 Å². The maximum Gasteiger partial charge on any atom is 0.220 e. The topological polar surface area (TPSA) is 69.6 Å². The lowest BCUT2D eigenvalue weighted by atomic mass is 10.0. The Morgan fingerprint density at radius 2 is 0.661 bits per heavy atom. The van der Waals surface area contributed by atoms with Crippen LogP contribution < -0.4 is 5.32 Å². The van der Waals surface area contributed by atoms with Gasteiger partial charge in [-0.2, -0.15) is 0 Å². The van der Waals surface area contributed by atoms with Gasteiger partial charge in [0.2, 0.25) is 5.91 Å². The van der Waals surface area contributed by atoms with E-state index in [-0.39, 0.29) is 12.5 Å². The monoisotopic (exact) mass is 830 g/mol. The van der Waals surface area contributed by atoms with Crippen molar-refractivity contribution < 1.29 is 15.0 Å². The number of amides is 1. The fourth-order valence-corrected chi connectivity index (χ4v) is 8.55. The van der Waals surface area contributed by atoms with E-state index in [0.717, 1.165) is 32.1 Å². The molecule has 0 fully saturated rings. The summed E-state index contributed by atoms with van der Waals surface area (Å²) in [6, 6.07) is -0.635. The molecule has 4 heteroatoms. The van der Waals surface area contributed by atoms with Crippen LogP contribution in [0.4, 0.5) is 0 Å². The van der Waals surface area contributed by atoms with E-state index in [2.05, 4.69) is 31.3 Å². The Morgan fingerprint density at radius 1 is 0.390 bits per heavy atom. The number of nitrogens with one attached hydrogen (secondary N) is 1. The van der Waals surface area contributed by atoms with Gasteiger partial charge in [-0.1, -0.05) is 289 Å². The third-order valence-corrected chi connectivity index (χ3v) is 12.7. The lowest BCUT2D eigenvalue weighted by Crippen LogP contribution is -2.45. The van der Waals surface area contributed by atoms with E-state index >= 15 is 0 Å². The Kier molecular flexibility index (Phi) is 50.2. The fourth-order valence-electron chi connectivity index (χ4n) is 8.55. The molecule has 0 aliphatic heterocycles. The van der Waals surface area contributed by atoms with Gasteiger partial charge in [-0.25, -0.2) is 0 Å². The molecule has 0 aromatic heterocycles. The SMILES string of the molecule is CCCCCCCCCCCCCCCCCCCCCCCCCCCCC/C=C/CC/C=C/C(O)C(CO)NC(=O)CCCCCCCCCCCCCCCC. The van der Waals surface area contributed by atoms with E-state index < -0.39 is 12.1 Å². The molecule has 0 saturated carbocycles. The minimum Gasteiger partial charge on any atom is -0.394 e. The minimum atomic E-state index is -0.859. The highest BCUT2D eigenvalue weighted by Gasteiger charge is 2.18. The second-order valence-corrected chi connectivity index (χ2v) is 18.7. The summed E-state index contributed by atoms with van der Waals surface area (Å²) in [5.41, 5.74) is 0. The van der Waals surface area contributed by atoms with E-state index in [0.29, 0.717) is 6.42 Å². The highest BCUT2D eigenvalue weighted by molar-refractivity contribution is 5.76. The van der Waals surface area contributed by atoms with E-state index in [1.807, 2.05) is 6.08 Å². The normalized spacial score (nSPS) is 12.9. The maximum absolute atomic E-state index is 12.4. The van der Waals surface area contributed by atoms with E-state index in [1.54, 1.807) is 6.08 Å². The fraction of sp³-hybridized carbons (Fsp3) is 0.909. The van der Waals surface area contributed by atoms with Crippen LogP contribution in [0, 0.1) is 0 Å². The Labute approximate surface area is 370 Å². The number of rotatable bonds is 50. The van der Waals surface area contributed by atoms with E-state index in [1.165, 1.54) is 250 Å². The van der Waals surface area contributed by atoms with Crippen LogP contribution in [0.1, 0.15) is 303 Å². The zero-order chi connectivity index (χ0) is 42.8. The number of unbranched alkanes of at least 4 members (excludes halogenated alkanes) is 41. The third kappa shape index (κ3) is 47.8. The molecule has 0 spiro atoms. The van der Waals surface area contributed by atoms with Crippen molar-refractivity contribution in [3.63, 3.8) is 0 Å². The smallest absolute Gasteiger partial charge is 0.220 e. The van der Waals surface area contributed by atoms with Crippen LogP contribution in [-0.2, 0) is 4.79 Å².